The molecule has 1 unspecified atom stereocenters. The molecule has 1 amide bonds. The fourth-order valence-electron chi connectivity index (χ4n) is 3.08. The highest BCUT2D eigenvalue weighted by Crippen LogP contribution is 2.23. The molecule has 3 rings (SSSR count). The molecule has 1 saturated heterocycles. The number of carbonyl (C=O) groups is 1. The minimum Gasteiger partial charge on any atom is -0.497 e. The maximum atomic E-state index is 12.8. The van der Waals surface area contributed by atoms with Crippen molar-refractivity contribution in [1.29, 1.82) is 0 Å². The van der Waals surface area contributed by atoms with E-state index in [2.05, 4.69) is 10.3 Å². The Balaban J connectivity index is 0.00000169. The quantitative estimate of drug-likeness (QED) is 0.858. The van der Waals surface area contributed by atoms with E-state index in [0.717, 1.165) is 42.8 Å². The second kappa shape index (κ2) is 10.4. The van der Waals surface area contributed by atoms with Crippen LogP contribution in [0.3, 0.4) is 0 Å². The van der Waals surface area contributed by atoms with Crippen LogP contribution in [0.5, 0.6) is 5.75 Å². The molecule has 1 N–H and O–H groups in total. The smallest absolute Gasteiger partial charge is 0.255 e. The summed E-state index contributed by atoms with van der Waals surface area (Å²) in [4.78, 5) is 19.0. The predicted octanol–water partition coefficient (Wildman–Crippen LogP) is 3.42. The molecule has 2 heterocycles. The summed E-state index contributed by atoms with van der Waals surface area (Å²) in [6.07, 6.45) is 5.58. The minimum absolute atomic E-state index is 0. The van der Waals surface area contributed by atoms with Crippen LogP contribution in [0, 0.1) is 0 Å². The molecule has 1 aliphatic heterocycles. The Morgan fingerprint density at radius 2 is 1.92 bits per heavy atom. The molecule has 5 nitrogen and oxygen atoms in total. The third-order valence-electron chi connectivity index (χ3n) is 4.53. The highest BCUT2D eigenvalue weighted by Gasteiger charge is 2.23. The number of benzene rings is 1. The molecule has 1 aromatic heterocycles. The zero-order valence-corrected chi connectivity index (χ0v) is 16.6. The Bertz CT molecular complexity index is 710. The molecule has 0 spiro atoms. The first-order valence-electron chi connectivity index (χ1n) is 8.27. The van der Waals surface area contributed by atoms with Gasteiger partial charge < -0.3 is 15.0 Å². The molecule has 1 aliphatic rings. The Hall–Kier alpha value is -1.82. The number of hydrogen-bond acceptors (Lipinski definition) is 4. The van der Waals surface area contributed by atoms with Crippen LogP contribution in [0.2, 0.25) is 0 Å². The lowest BCUT2D eigenvalue weighted by Crippen LogP contribution is -2.47. The van der Waals surface area contributed by atoms with Crippen molar-refractivity contribution >= 4 is 30.7 Å². The van der Waals surface area contributed by atoms with Crippen molar-refractivity contribution in [3.8, 4) is 16.9 Å². The summed E-state index contributed by atoms with van der Waals surface area (Å²) in [6, 6.07) is 10.1. The summed E-state index contributed by atoms with van der Waals surface area (Å²) in [5, 5.41) is 3.27. The summed E-state index contributed by atoms with van der Waals surface area (Å²) >= 11 is 0. The molecule has 0 radical (unpaired) electrons. The van der Waals surface area contributed by atoms with E-state index in [0.29, 0.717) is 11.6 Å². The van der Waals surface area contributed by atoms with Gasteiger partial charge in [-0.1, -0.05) is 12.1 Å². The van der Waals surface area contributed by atoms with E-state index in [4.69, 9.17) is 4.74 Å². The lowest BCUT2D eigenvalue weighted by Gasteiger charge is -2.32. The topological polar surface area (TPSA) is 54.5 Å². The number of likely N-dealkylation sites (N-methyl/N-ethyl adjacent to an activating group) is 1. The first kappa shape index (κ1) is 22.2. The number of piperidine rings is 1. The van der Waals surface area contributed by atoms with Gasteiger partial charge in [-0.05, 0) is 43.7 Å². The average molecular weight is 398 g/mol. The standard InChI is InChI=1S/C19H23N3O2.2ClH/c1-20-17-4-3-9-22(13-17)19(23)16-10-15(11-21-12-16)14-5-7-18(24-2)8-6-14;;/h5-8,10-12,17,20H,3-4,9,13H2,1-2H3;2*1H. The summed E-state index contributed by atoms with van der Waals surface area (Å²) < 4.78 is 5.18. The molecule has 1 atom stereocenters. The third-order valence-corrected chi connectivity index (χ3v) is 4.53. The second-order valence-electron chi connectivity index (χ2n) is 6.07. The fourth-order valence-corrected chi connectivity index (χ4v) is 3.08. The predicted molar refractivity (Wildman–Crippen MR) is 109 cm³/mol. The van der Waals surface area contributed by atoms with Gasteiger partial charge in [0.25, 0.3) is 5.91 Å². The van der Waals surface area contributed by atoms with Gasteiger partial charge in [-0.15, -0.1) is 24.8 Å². The van der Waals surface area contributed by atoms with E-state index in [1.165, 1.54) is 0 Å². The molecule has 1 fully saturated rings. The van der Waals surface area contributed by atoms with Crippen LogP contribution in [0.1, 0.15) is 23.2 Å². The number of halogens is 2. The lowest BCUT2D eigenvalue weighted by molar-refractivity contribution is 0.0698. The molecule has 7 heteroatoms. The SMILES string of the molecule is CNC1CCCN(C(=O)c2cncc(-c3ccc(OC)cc3)c2)C1.Cl.Cl. The van der Waals surface area contributed by atoms with Gasteiger partial charge in [0.15, 0.2) is 0 Å². The molecule has 0 aliphatic carbocycles. The van der Waals surface area contributed by atoms with Gasteiger partial charge in [0.1, 0.15) is 5.75 Å². The number of nitrogens with one attached hydrogen (secondary N) is 1. The number of ether oxygens (including phenoxy) is 1. The van der Waals surface area contributed by atoms with Crippen molar-refractivity contribution < 1.29 is 9.53 Å². The van der Waals surface area contributed by atoms with Crippen LogP contribution < -0.4 is 10.1 Å². The maximum Gasteiger partial charge on any atom is 0.255 e. The first-order chi connectivity index (χ1) is 11.7. The van der Waals surface area contributed by atoms with Crippen molar-refractivity contribution in [2.45, 2.75) is 18.9 Å². The number of carbonyl (C=O) groups excluding carboxylic acids is 1. The van der Waals surface area contributed by atoms with Gasteiger partial charge >= 0.3 is 0 Å². The summed E-state index contributed by atoms with van der Waals surface area (Å²) in [5.74, 6) is 0.864. The van der Waals surface area contributed by atoms with Gasteiger partial charge in [0, 0.05) is 37.1 Å². The Morgan fingerprint density at radius 1 is 1.19 bits per heavy atom. The van der Waals surface area contributed by atoms with E-state index in [1.807, 2.05) is 42.3 Å². The highest BCUT2D eigenvalue weighted by atomic mass is 35.5. The fraction of sp³-hybridized carbons (Fsp3) is 0.368. The van der Waals surface area contributed by atoms with Gasteiger partial charge in [0.2, 0.25) is 0 Å². The van der Waals surface area contributed by atoms with Crippen molar-refractivity contribution in [3.05, 3.63) is 48.3 Å². The zero-order chi connectivity index (χ0) is 16.9. The van der Waals surface area contributed by atoms with E-state index < -0.39 is 0 Å². The van der Waals surface area contributed by atoms with Crippen LogP contribution in [-0.2, 0) is 0 Å². The van der Waals surface area contributed by atoms with Crippen molar-refractivity contribution in [3.63, 3.8) is 0 Å². The van der Waals surface area contributed by atoms with Crippen molar-refractivity contribution in [2.24, 2.45) is 0 Å². The van der Waals surface area contributed by atoms with Gasteiger partial charge in [-0.3, -0.25) is 9.78 Å². The monoisotopic (exact) mass is 397 g/mol. The summed E-state index contributed by atoms with van der Waals surface area (Å²) in [7, 11) is 3.59. The second-order valence-corrected chi connectivity index (χ2v) is 6.07. The minimum atomic E-state index is 0. The van der Waals surface area contributed by atoms with E-state index in [-0.39, 0.29) is 30.7 Å². The molecule has 2 aromatic rings. The van der Waals surface area contributed by atoms with E-state index in [1.54, 1.807) is 19.5 Å². The van der Waals surface area contributed by atoms with Crippen LogP contribution in [0.25, 0.3) is 11.1 Å². The number of likely N-dealkylation sites (tertiary alicyclic amines) is 1. The first-order valence-corrected chi connectivity index (χ1v) is 8.27. The number of aromatic nitrogens is 1. The van der Waals surface area contributed by atoms with Crippen LogP contribution in [0.4, 0.5) is 0 Å². The number of rotatable bonds is 4. The van der Waals surface area contributed by atoms with Gasteiger partial charge in [-0.25, -0.2) is 0 Å². The molecule has 142 valence electrons. The number of nitrogens with zero attached hydrogens (tertiary/aromatic N) is 2. The molecule has 0 bridgehead atoms. The summed E-state index contributed by atoms with van der Waals surface area (Å²) in [6.45, 7) is 1.56. The number of hydrogen-bond donors (Lipinski definition) is 1. The Morgan fingerprint density at radius 3 is 2.58 bits per heavy atom. The zero-order valence-electron chi connectivity index (χ0n) is 15.0. The lowest BCUT2D eigenvalue weighted by atomic mass is 10.0. The molecular weight excluding hydrogens is 373 g/mol. The number of methoxy groups -OCH3 is 1. The van der Waals surface area contributed by atoms with Crippen molar-refractivity contribution in [1.82, 2.24) is 15.2 Å². The summed E-state index contributed by atoms with van der Waals surface area (Å²) in [5.41, 5.74) is 2.59. The Kier molecular flexibility index (Phi) is 8.85. The normalized spacial score (nSPS) is 16.2. The van der Waals surface area contributed by atoms with Gasteiger partial charge in [-0.2, -0.15) is 0 Å². The number of pyridine rings is 1. The largest absolute Gasteiger partial charge is 0.497 e. The molecule has 26 heavy (non-hydrogen) atoms. The molecular formula is C19H25Cl2N3O2. The van der Waals surface area contributed by atoms with Crippen molar-refractivity contribution in [2.75, 3.05) is 27.2 Å². The van der Waals surface area contributed by atoms with Crippen LogP contribution in [-0.4, -0.2) is 49.1 Å². The van der Waals surface area contributed by atoms with Gasteiger partial charge in [0.05, 0.1) is 12.7 Å². The maximum absolute atomic E-state index is 12.8. The number of amides is 1. The third kappa shape index (κ3) is 5.10. The molecule has 1 aromatic carbocycles. The van der Waals surface area contributed by atoms with Crippen LogP contribution in [0.15, 0.2) is 42.7 Å². The van der Waals surface area contributed by atoms with E-state index in [9.17, 15) is 4.79 Å². The molecule has 0 saturated carbocycles. The highest BCUT2D eigenvalue weighted by molar-refractivity contribution is 5.95. The average Bonchev–Trinajstić information content (AvgIpc) is 2.67. The van der Waals surface area contributed by atoms with E-state index >= 15 is 0 Å². The van der Waals surface area contributed by atoms with Crippen LogP contribution >= 0.6 is 24.8 Å². The Labute approximate surface area is 167 Å².